The largest absolute Gasteiger partial charge is 0.325 e. The number of carbonyl (C=O) groups is 3. The lowest BCUT2D eigenvalue weighted by molar-refractivity contribution is -0.134. The maximum atomic E-state index is 13.9. The van der Waals surface area contributed by atoms with Crippen LogP contribution in [0, 0.1) is 12.7 Å². The van der Waals surface area contributed by atoms with Crippen molar-refractivity contribution < 1.29 is 18.8 Å². The first kappa shape index (κ1) is 17.7. The standard InChI is InChI=1S/C19H18FN3O3S/c1-11-4-5-14(13(20)9-11)21-16(24)10-23-17(25)19(22-18(23)26)7-2-3-15-12(19)6-8-27-15/h4-6,8-9H,2-3,7,10H2,1H3,(H,21,24)(H,22,26)/t19-/m0/s1. The summed E-state index contributed by atoms with van der Waals surface area (Å²) >= 11 is 1.57. The summed E-state index contributed by atoms with van der Waals surface area (Å²) in [6.07, 6.45) is 2.17. The Labute approximate surface area is 159 Å². The molecule has 1 fully saturated rings. The monoisotopic (exact) mass is 387 g/mol. The molecule has 0 saturated carbocycles. The molecule has 2 heterocycles. The molecule has 6 nitrogen and oxygen atoms in total. The highest BCUT2D eigenvalue weighted by molar-refractivity contribution is 7.10. The molecule has 2 N–H and O–H groups in total. The molecule has 1 aliphatic heterocycles. The summed E-state index contributed by atoms with van der Waals surface area (Å²) in [6, 6.07) is 5.69. The van der Waals surface area contributed by atoms with Gasteiger partial charge in [0.15, 0.2) is 0 Å². The van der Waals surface area contributed by atoms with Crippen LogP contribution in [-0.2, 0) is 21.5 Å². The molecule has 2 aliphatic rings. The number of nitrogens with zero attached hydrogens (tertiary/aromatic N) is 1. The van der Waals surface area contributed by atoms with E-state index in [0.29, 0.717) is 6.42 Å². The number of rotatable bonds is 3. The SMILES string of the molecule is Cc1ccc(NC(=O)CN2C(=O)N[C@]3(CCCc4sccc43)C2=O)c(F)c1. The molecular weight excluding hydrogens is 369 g/mol. The molecule has 1 aromatic carbocycles. The van der Waals surface area contributed by atoms with Crippen molar-refractivity contribution in [2.24, 2.45) is 0 Å². The summed E-state index contributed by atoms with van der Waals surface area (Å²) in [5.74, 6) is -1.61. The van der Waals surface area contributed by atoms with Gasteiger partial charge in [-0.15, -0.1) is 11.3 Å². The van der Waals surface area contributed by atoms with Crippen LogP contribution in [0.15, 0.2) is 29.6 Å². The van der Waals surface area contributed by atoms with Gasteiger partial charge < -0.3 is 10.6 Å². The van der Waals surface area contributed by atoms with Crippen molar-refractivity contribution in [3.05, 3.63) is 51.5 Å². The number of amides is 4. The number of imide groups is 1. The normalized spacial score (nSPS) is 21.3. The van der Waals surface area contributed by atoms with Crippen molar-refractivity contribution in [3.63, 3.8) is 0 Å². The minimum Gasteiger partial charge on any atom is -0.322 e. The highest BCUT2D eigenvalue weighted by Crippen LogP contribution is 2.42. The van der Waals surface area contributed by atoms with Crippen molar-refractivity contribution in [2.75, 3.05) is 11.9 Å². The molecular formula is C19H18FN3O3S. The van der Waals surface area contributed by atoms with Gasteiger partial charge in [-0.25, -0.2) is 9.18 Å². The zero-order valence-corrected chi connectivity index (χ0v) is 15.5. The summed E-state index contributed by atoms with van der Waals surface area (Å²) in [5.41, 5.74) is 0.486. The second-order valence-corrected chi connectivity index (χ2v) is 7.87. The van der Waals surface area contributed by atoms with Gasteiger partial charge in [-0.1, -0.05) is 6.07 Å². The number of hydrogen-bond donors (Lipinski definition) is 2. The third kappa shape index (κ3) is 2.90. The minimum absolute atomic E-state index is 0.0187. The zero-order valence-electron chi connectivity index (χ0n) is 14.7. The van der Waals surface area contributed by atoms with E-state index in [1.165, 1.54) is 12.1 Å². The molecule has 1 aromatic heterocycles. The third-order valence-electron chi connectivity index (χ3n) is 5.04. The predicted octanol–water partition coefficient (Wildman–Crippen LogP) is 2.92. The Hall–Kier alpha value is -2.74. The van der Waals surface area contributed by atoms with E-state index in [4.69, 9.17) is 0 Å². The number of thiophene rings is 1. The molecule has 0 bridgehead atoms. The summed E-state index contributed by atoms with van der Waals surface area (Å²) in [4.78, 5) is 39.8. The number of aryl methyl sites for hydroxylation is 2. The summed E-state index contributed by atoms with van der Waals surface area (Å²) in [5, 5.41) is 7.12. The fraction of sp³-hybridized carbons (Fsp3) is 0.316. The Kier molecular flexibility index (Phi) is 4.22. The van der Waals surface area contributed by atoms with Crippen LogP contribution in [0.5, 0.6) is 0 Å². The first-order valence-corrected chi connectivity index (χ1v) is 9.55. The first-order chi connectivity index (χ1) is 12.9. The van der Waals surface area contributed by atoms with Crippen LogP contribution in [0.1, 0.15) is 28.8 Å². The van der Waals surface area contributed by atoms with Crippen LogP contribution >= 0.6 is 11.3 Å². The maximum absolute atomic E-state index is 13.9. The van der Waals surface area contributed by atoms with Crippen molar-refractivity contribution >= 4 is 34.9 Å². The average Bonchev–Trinajstić information content (AvgIpc) is 3.18. The van der Waals surface area contributed by atoms with E-state index < -0.39 is 35.7 Å². The highest BCUT2D eigenvalue weighted by Gasteiger charge is 2.54. The Morgan fingerprint density at radius 1 is 1.37 bits per heavy atom. The van der Waals surface area contributed by atoms with Crippen molar-refractivity contribution in [1.82, 2.24) is 10.2 Å². The van der Waals surface area contributed by atoms with E-state index in [-0.39, 0.29) is 5.69 Å². The Morgan fingerprint density at radius 3 is 2.96 bits per heavy atom. The van der Waals surface area contributed by atoms with Gasteiger partial charge >= 0.3 is 6.03 Å². The van der Waals surface area contributed by atoms with Crippen LogP contribution in [0.2, 0.25) is 0 Å². The first-order valence-electron chi connectivity index (χ1n) is 8.68. The average molecular weight is 387 g/mol. The lowest BCUT2D eigenvalue weighted by atomic mass is 9.80. The second kappa shape index (κ2) is 6.45. The minimum atomic E-state index is -1.08. The molecule has 1 aliphatic carbocycles. The molecule has 1 spiro atoms. The molecule has 4 rings (SSSR count). The van der Waals surface area contributed by atoms with Crippen LogP contribution in [0.3, 0.4) is 0 Å². The molecule has 8 heteroatoms. The van der Waals surface area contributed by atoms with Crippen molar-refractivity contribution in [1.29, 1.82) is 0 Å². The maximum Gasteiger partial charge on any atom is 0.325 e. The number of carbonyl (C=O) groups excluding carboxylic acids is 3. The van der Waals surface area contributed by atoms with E-state index in [1.807, 2.05) is 11.4 Å². The molecule has 0 radical (unpaired) electrons. The van der Waals surface area contributed by atoms with Crippen molar-refractivity contribution in [2.45, 2.75) is 31.7 Å². The van der Waals surface area contributed by atoms with Gasteiger partial charge in [-0.05, 0) is 55.3 Å². The lowest BCUT2D eigenvalue weighted by Crippen LogP contribution is -2.46. The van der Waals surface area contributed by atoms with E-state index >= 15 is 0 Å². The van der Waals surface area contributed by atoms with Gasteiger partial charge in [0, 0.05) is 10.4 Å². The summed E-state index contributed by atoms with van der Waals surface area (Å²) in [6.45, 7) is 1.28. The molecule has 1 atom stereocenters. The predicted molar refractivity (Wildman–Crippen MR) is 98.9 cm³/mol. The van der Waals surface area contributed by atoms with Gasteiger partial charge in [0.25, 0.3) is 5.91 Å². The Balaban J connectivity index is 1.53. The number of fused-ring (bicyclic) bond motifs is 2. The van der Waals surface area contributed by atoms with Crippen LogP contribution < -0.4 is 10.6 Å². The highest BCUT2D eigenvalue weighted by atomic mass is 32.1. The van der Waals surface area contributed by atoms with E-state index in [0.717, 1.165) is 33.7 Å². The van der Waals surface area contributed by atoms with E-state index in [2.05, 4.69) is 10.6 Å². The van der Waals surface area contributed by atoms with Gasteiger partial charge in [0.05, 0.1) is 5.69 Å². The van der Waals surface area contributed by atoms with Gasteiger partial charge in [-0.2, -0.15) is 0 Å². The number of urea groups is 1. The zero-order chi connectivity index (χ0) is 19.2. The smallest absolute Gasteiger partial charge is 0.322 e. The number of benzene rings is 1. The Bertz CT molecular complexity index is 957. The Morgan fingerprint density at radius 2 is 2.19 bits per heavy atom. The van der Waals surface area contributed by atoms with Crippen LogP contribution in [-0.4, -0.2) is 29.3 Å². The molecule has 2 aromatic rings. The molecule has 0 unspecified atom stereocenters. The molecule has 1 saturated heterocycles. The van der Waals surface area contributed by atoms with Gasteiger partial charge in [0.1, 0.15) is 17.9 Å². The number of nitrogens with one attached hydrogen (secondary N) is 2. The topological polar surface area (TPSA) is 78.5 Å². The van der Waals surface area contributed by atoms with E-state index in [1.54, 1.807) is 24.3 Å². The van der Waals surface area contributed by atoms with Gasteiger partial charge in [0.2, 0.25) is 5.91 Å². The number of hydrogen-bond acceptors (Lipinski definition) is 4. The third-order valence-corrected chi connectivity index (χ3v) is 6.02. The van der Waals surface area contributed by atoms with Gasteiger partial charge in [-0.3, -0.25) is 14.5 Å². The summed E-state index contributed by atoms with van der Waals surface area (Å²) < 4.78 is 13.9. The van der Waals surface area contributed by atoms with Crippen LogP contribution in [0.25, 0.3) is 0 Å². The molecule has 4 amide bonds. The fourth-order valence-corrected chi connectivity index (χ4v) is 4.74. The lowest BCUT2D eigenvalue weighted by Gasteiger charge is -2.31. The van der Waals surface area contributed by atoms with E-state index in [9.17, 15) is 18.8 Å². The second-order valence-electron chi connectivity index (χ2n) is 6.87. The number of halogens is 1. The quantitative estimate of drug-likeness (QED) is 0.795. The number of anilines is 1. The molecule has 27 heavy (non-hydrogen) atoms. The molecule has 140 valence electrons. The summed E-state index contributed by atoms with van der Waals surface area (Å²) in [7, 11) is 0. The van der Waals surface area contributed by atoms with Crippen LogP contribution in [0.4, 0.5) is 14.9 Å². The fourth-order valence-electron chi connectivity index (χ4n) is 3.74. The van der Waals surface area contributed by atoms with Crippen molar-refractivity contribution in [3.8, 4) is 0 Å².